The molecule has 10 heteroatoms. The molecule has 0 aliphatic carbocycles. The highest BCUT2D eigenvalue weighted by atomic mass is 16.5. The Labute approximate surface area is 214 Å². The molecule has 5 rings (SSSR count). The van der Waals surface area contributed by atoms with Crippen LogP contribution in [0.2, 0.25) is 0 Å². The largest absolute Gasteiger partial charge is 0.493 e. The van der Waals surface area contributed by atoms with Gasteiger partial charge in [0.15, 0.2) is 11.5 Å². The average molecular weight is 507 g/mol. The summed E-state index contributed by atoms with van der Waals surface area (Å²) in [5, 5.41) is 6.15. The number of likely N-dealkylation sites (tertiary alicyclic amines) is 1. The molecule has 37 heavy (non-hydrogen) atoms. The SMILES string of the molecule is COc1ccc(CCN2C(=O)[C@H]3[C@@H](C2=O)[C@@]2(N[C@@H]3CC(N)=O)C(=O)Nc3c(C)cc(C)cc32)cc1OC. The monoisotopic (exact) mass is 506 g/mol. The molecule has 194 valence electrons. The number of ether oxygens (including phenoxy) is 2. The summed E-state index contributed by atoms with van der Waals surface area (Å²) in [6.45, 7) is 3.92. The maximum atomic E-state index is 13.9. The molecule has 4 amide bonds. The Bertz CT molecular complexity index is 1340. The lowest BCUT2D eigenvalue weighted by Crippen LogP contribution is -2.53. The predicted octanol–water partition coefficient (Wildman–Crippen LogP) is 1.16. The topological polar surface area (TPSA) is 140 Å². The molecule has 10 nitrogen and oxygen atoms in total. The molecule has 1 spiro atoms. The van der Waals surface area contributed by atoms with Gasteiger partial charge in [0.1, 0.15) is 5.54 Å². The van der Waals surface area contributed by atoms with Gasteiger partial charge >= 0.3 is 0 Å². The number of hydrogen-bond acceptors (Lipinski definition) is 7. The molecule has 3 aliphatic rings. The molecule has 2 aromatic carbocycles. The Balaban J connectivity index is 1.51. The number of methoxy groups -OCH3 is 2. The third kappa shape index (κ3) is 3.66. The summed E-state index contributed by atoms with van der Waals surface area (Å²) in [6, 6.07) is 8.48. The summed E-state index contributed by atoms with van der Waals surface area (Å²) < 4.78 is 10.6. The van der Waals surface area contributed by atoms with Crippen LogP contribution in [0.1, 0.15) is 28.7 Å². The van der Waals surface area contributed by atoms with Crippen LogP contribution in [0.4, 0.5) is 5.69 Å². The van der Waals surface area contributed by atoms with Gasteiger partial charge in [0.2, 0.25) is 23.6 Å². The molecule has 2 saturated heterocycles. The molecule has 0 aromatic heterocycles. The van der Waals surface area contributed by atoms with Gasteiger partial charge in [-0.3, -0.25) is 29.4 Å². The number of anilines is 1. The molecular weight excluding hydrogens is 476 g/mol. The molecule has 3 aliphatic heterocycles. The van der Waals surface area contributed by atoms with Crippen LogP contribution in [0, 0.1) is 25.7 Å². The lowest BCUT2D eigenvalue weighted by molar-refractivity contribution is -0.142. The van der Waals surface area contributed by atoms with E-state index in [-0.39, 0.29) is 13.0 Å². The molecule has 2 fully saturated rings. The summed E-state index contributed by atoms with van der Waals surface area (Å²) in [7, 11) is 3.08. The fraction of sp³-hybridized carbons (Fsp3) is 0.407. The van der Waals surface area contributed by atoms with Gasteiger partial charge in [-0.15, -0.1) is 0 Å². The van der Waals surface area contributed by atoms with E-state index in [1.807, 2.05) is 32.0 Å². The van der Waals surface area contributed by atoms with Gasteiger partial charge in [-0.1, -0.05) is 23.8 Å². The van der Waals surface area contributed by atoms with Crippen molar-refractivity contribution in [1.82, 2.24) is 10.2 Å². The van der Waals surface area contributed by atoms with Crippen molar-refractivity contribution in [2.45, 2.75) is 38.3 Å². The van der Waals surface area contributed by atoms with Gasteiger partial charge in [-0.05, 0) is 43.5 Å². The van der Waals surface area contributed by atoms with Gasteiger partial charge in [0.05, 0.1) is 26.1 Å². The summed E-state index contributed by atoms with van der Waals surface area (Å²) in [5.41, 5.74) is 7.94. The van der Waals surface area contributed by atoms with E-state index < -0.39 is 47.0 Å². The van der Waals surface area contributed by atoms with Crippen molar-refractivity contribution >= 4 is 29.3 Å². The lowest BCUT2D eigenvalue weighted by atomic mass is 9.76. The molecule has 4 atom stereocenters. The zero-order chi connectivity index (χ0) is 26.6. The Kier molecular flexibility index (Phi) is 5.94. The number of benzene rings is 2. The Morgan fingerprint density at radius 2 is 1.78 bits per heavy atom. The van der Waals surface area contributed by atoms with Gasteiger partial charge < -0.3 is 20.5 Å². The van der Waals surface area contributed by atoms with E-state index in [1.165, 1.54) is 12.0 Å². The fourth-order valence-corrected chi connectivity index (χ4v) is 6.21. The third-order valence-corrected chi connectivity index (χ3v) is 7.75. The van der Waals surface area contributed by atoms with Crippen molar-refractivity contribution in [1.29, 1.82) is 0 Å². The van der Waals surface area contributed by atoms with E-state index in [9.17, 15) is 19.2 Å². The smallest absolute Gasteiger partial charge is 0.250 e. The second-order valence-electron chi connectivity index (χ2n) is 9.96. The quantitative estimate of drug-likeness (QED) is 0.479. The Morgan fingerprint density at radius 3 is 2.46 bits per heavy atom. The number of nitrogens with two attached hydrogens (primary N) is 1. The van der Waals surface area contributed by atoms with Crippen molar-refractivity contribution < 1.29 is 28.7 Å². The van der Waals surface area contributed by atoms with Crippen molar-refractivity contribution in [2.24, 2.45) is 17.6 Å². The fourth-order valence-electron chi connectivity index (χ4n) is 6.21. The lowest BCUT2D eigenvalue weighted by Gasteiger charge is -2.29. The van der Waals surface area contributed by atoms with Crippen LogP contribution in [0.5, 0.6) is 11.5 Å². The molecule has 0 saturated carbocycles. The number of nitrogens with zero attached hydrogens (tertiary/aromatic N) is 1. The van der Waals surface area contributed by atoms with Crippen molar-refractivity contribution in [3.05, 3.63) is 52.6 Å². The van der Waals surface area contributed by atoms with Gasteiger partial charge in [-0.2, -0.15) is 0 Å². The van der Waals surface area contributed by atoms with Crippen molar-refractivity contribution in [3.63, 3.8) is 0 Å². The standard InChI is InChI=1S/C27H30N4O6/c1-13-9-14(2)23-16(10-13)27(26(35)29-23)22-21(17(30-27)12-20(28)32)24(33)31(25(22)34)8-7-15-5-6-18(36-3)19(11-15)37-4/h5-6,9-11,17,21-22,30H,7-8,12H2,1-4H3,(H2,28,32)(H,29,35)/t17-,21-,22+,27-/m1/s1. The summed E-state index contributed by atoms with van der Waals surface area (Å²) in [5.74, 6) is -2.61. The first-order valence-electron chi connectivity index (χ1n) is 12.2. The maximum absolute atomic E-state index is 13.9. The summed E-state index contributed by atoms with van der Waals surface area (Å²) in [4.78, 5) is 54.3. The van der Waals surface area contributed by atoms with Crippen LogP contribution in [0.3, 0.4) is 0 Å². The molecule has 2 aromatic rings. The Hall–Kier alpha value is -3.92. The highest BCUT2D eigenvalue weighted by molar-refractivity contribution is 6.15. The van der Waals surface area contributed by atoms with Crippen LogP contribution >= 0.6 is 0 Å². The van der Waals surface area contributed by atoms with E-state index in [0.29, 0.717) is 29.2 Å². The van der Waals surface area contributed by atoms with Gasteiger partial charge in [-0.25, -0.2) is 0 Å². The molecular formula is C27H30N4O6. The first kappa shape index (κ1) is 24.8. The molecule has 0 radical (unpaired) electrons. The zero-order valence-corrected chi connectivity index (χ0v) is 21.2. The maximum Gasteiger partial charge on any atom is 0.250 e. The number of carbonyl (C=O) groups is 4. The normalized spacial score (nSPS) is 25.9. The number of nitrogens with one attached hydrogen (secondary N) is 2. The highest BCUT2D eigenvalue weighted by Crippen LogP contribution is 2.54. The molecule has 0 bridgehead atoms. The van der Waals surface area contributed by atoms with Crippen molar-refractivity contribution in [2.75, 3.05) is 26.1 Å². The number of amides is 4. The third-order valence-electron chi connectivity index (χ3n) is 7.75. The van der Waals surface area contributed by atoms with Crippen LogP contribution in [0.25, 0.3) is 0 Å². The summed E-state index contributed by atoms with van der Waals surface area (Å²) >= 11 is 0. The summed E-state index contributed by atoms with van der Waals surface area (Å²) in [6.07, 6.45) is 0.220. The van der Waals surface area contributed by atoms with E-state index >= 15 is 0 Å². The predicted molar refractivity (Wildman–Crippen MR) is 134 cm³/mol. The van der Waals surface area contributed by atoms with E-state index in [4.69, 9.17) is 15.2 Å². The minimum atomic E-state index is -1.46. The Morgan fingerprint density at radius 1 is 1.05 bits per heavy atom. The number of carbonyl (C=O) groups excluding carboxylic acids is 4. The van der Waals surface area contributed by atoms with Crippen LogP contribution < -0.4 is 25.8 Å². The number of imide groups is 1. The van der Waals surface area contributed by atoms with E-state index in [2.05, 4.69) is 10.6 Å². The first-order valence-corrected chi connectivity index (χ1v) is 12.2. The molecule has 4 N–H and O–H groups in total. The minimum Gasteiger partial charge on any atom is -0.493 e. The van der Waals surface area contributed by atoms with Gasteiger partial charge in [0, 0.05) is 30.3 Å². The number of hydrogen-bond donors (Lipinski definition) is 3. The first-order chi connectivity index (χ1) is 17.6. The van der Waals surface area contributed by atoms with Crippen LogP contribution in [-0.2, 0) is 31.1 Å². The highest BCUT2D eigenvalue weighted by Gasteiger charge is 2.70. The second-order valence-corrected chi connectivity index (χ2v) is 9.96. The average Bonchev–Trinajstić information content (AvgIpc) is 3.42. The zero-order valence-electron chi connectivity index (χ0n) is 21.2. The molecule has 0 unspecified atom stereocenters. The number of fused-ring (bicyclic) bond motifs is 4. The van der Waals surface area contributed by atoms with Gasteiger partial charge in [0.25, 0.3) is 0 Å². The number of rotatable bonds is 7. The second kappa shape index (κ2) is 8.88. The minimum absolute atomic E-state index is 0.126. The number of aryl methyl sites for hydroxylation is 2. The molecule has 3 heterocycles. The number of primary amides is 1. The van der Waals surface area contributed by atoms with Crippen molar-refractivity contribution in [3.8, 4) is 11.5 Å². The van der Waals surface area contributed by atoms with Crippen LogP contribution in [0.15, 0.2) is 30.3 Å². The van der Waals surface area contributed by atoms with E-state index in [1.54, 1.807) is 19.2 Å². The van der Waals surface area contributed by atoms with Crippen LogP contribution in [-0.4, -0.2) is 55.3 Å². The van der Waals surface area contributed by atoms with E-state index in [0.717, 1.165) is 16.7 Å².